The Balaban J connectivity index is 1.80. The second kappa shape index (κ2) is 5.36. The number of H-pyrrole nitrogens is 1. The molecule has 0 aliphatic rings. The molecule has 0 saturated heterocycles. The van der Waals surface area contributed by atoms with Gasteiger partial charge >= 0.3 is 0 Å². The van der Waals surface area contributed by atoms with Gasteiger partial charge in [-0.1, -0.05) is 0 Å². The van der Waals surface area contributed by atoms with E-state index in [1.54, 1.807) is 12.3 Å². The van der Waals surface area contributed by atoms with E-state index in [4.69, 9.17) is 0 Å². The molecule has 1 amide bonds. The number of benzene rings is 1. The number of aromatic amines is 1. The van der Waals surface area contributed by atoms with Gasteiger partial charge < -0.3 is 10.3 Å². The van der Waals surface area contributed by atoms with E-state index >= 15 is 0 Å². The number of carbonyl (C=O) groups excluding carboxylic acids is 1. The van der Waals surface area contributed by atoms with Crippen molar-refractivity contribution in [1.29, 1.82) is 0 Å². The minimum atomic E-state index is -0.103. The molecule has 0 atom stereocenters. The summed E-state index contributed by atoms with van der Waals surface area (Å²) < 4.78 is 0. The molecule has 0 unspecified atom stereocenters. The zero-order valence-electron chi connectivity index (χ0n) is 12.0. The number of aryl methyl sites for hydroxylation is 2. The third-order valence-electron chi connectivity index (χ3n) is 3.64. The van der Waals surface area contributed by atoms with Crippen molar-refractivity contribution in [3.05, 3.63) is 59.3 Å². The molecule has 0 saturated carbocycles. The Morgan fingerprint density at radius 2 is 2.14 bits per heavy atom. The van der Waals surface area contributed by atoms with Gasteiger partial charge in [-0.15, -0.1) is 0 Å². The third kappa shape index (κ3) is 2.63. The summed E-state index contributed by atoms with van der Waals surface area (Å²) in [6.07, 6.45) is 3.13. The molecule has 3 aromatic rings. The average Bonchev–Trinajstić information content (AvgIpc) is 2.80. The smallest absolute Gasteiger partial charge is 0.251 e. The number of hydrogen-bond donors (Lipinski definition) is 2. The lowest BCUT2D eigenvalue weighted by Gasteiger charge is -2.05. The van der Waals surface area contributed by atoms with Crippen molar-refractivity contribution in [1.82, 2.24) is 20.3 Å². The summed E-state index contributed by atoms with van der Waals surface area (Å²) in [7, 11) is 0. The van der Waals surface area contributed by atoms with Crippen LogP contribution in [-0.2, 0) is 6.54 Å². The topological polar surface area (TPSA) is 70.7 Å². The molecule has 1 aromatic carbocycles. The van der Waals surface area contributed by atoms with Crippen molar-refractivity contribution in [2.45, 2.75) is 20.4 Å². The van der Waals surface area contributed by atoms with Gasteiger partial charge in [-0.2, -0.15) is 0 Å². The monoisotopic (exact) mass is 280 g/mol. The number of amides is 1. The quantitative estimate of drug-likeness (QED) is 0.774. The van der Waals surface area contributed by atoms with Crippen LogP contribution in [0.15, 0.2) is 36.8 Å². The van der Waals surface area contributed by atoms with Crippen LogP contribution in [0.3, 0.4) is 0 Å². The zero-order chi connectivity index (χ0) is 14.8. The second-order valence-electron chi connectivity index (χ2n) is 5.02. The van der Waals surface area contributed by atoms with Crippen molar-refractivity contribution >= 4 is 16.8 Å². The van der Waals surface area contributed by atoms with Crippen molar-refractivity contribution in [3.63, 3.8) is 0 Å². The Hall–Kier alpha value is -2.69. The summed E-state index contributed by atoms with van der Waals surface area (Å²) in [5.41, 5.74) is 4.79. The van der Waals surface area contributed by atoms with Gasteiger partial charge in [0.05, 0.1) is 12.2 Å². The van der Waals surface area contributed by atoms with Crippen LogP contribution < -0.4 is 5.32 Å². The summed E-state index contributed by atoms with van der Waals surface area (Å²) >= 11 is 0. The highest BCUT2D eigenvalue weighted by molar-refractivity contribution is 5.98. The van der Waals surface area contributed by atoms with Crippen molar-refractivity contribution in [2.24, 2.45) is 0 Å². The molecule has 0 aliphatic heterocycles. The van der Waals surface area contributed by atoms with E-state index in [0.717, 1.165) is 22.3 Å². The lowest BCUT2D eigenvalue weighted by molar-refractivity contribution is 0.0950. The van der Waals surface area contributed by atoms with E-state index in [0.29, 0.717) is 12.1 Å². The van der Waals surface area contributed by atoms with Crippen LogP contribution in [0.25, 0.3) is 10.9 Å². The molecule has 2 heterocycles. The highest BCUT2D eigenvalue weighted by Crippen LogP contribution is 2.22. The third-order valence-corrected chi connectivity index (χ3v) is 3.64. The van der Waals surface area contributed by atoms with Crippen LogP contribution >= 0.6 is 0 Å². The predicted molar refractivity (Wildman–Crippen MR) is 81.0 cm³/mol. The number of rotatable bonds is 3. The number of nitrogens with one attached hydrogen (secondary N) is 2. The molecule has 2 N–H and O–H groups in total. The summed E-state index contributed by atoms with van der Waals surface area (Å²) in [6.45, 7) is 4.48. The Kier molecular flexibility index (Phi) is 3.39. The minimum Gasteiger partial charge on any atom is -0.358 e. The number of hydrogen-bond acceptors (Lipinski definition) is 3. The molecule has 21 heavy (non-hydrogen) atoms. The number of carbonyl (C=O) groups is 1. The average molecular weight is 280 g/mol. The molecule has 3 rings (SSSR count). The molecule has 0 spiro atoms. The molecular weight excluding hydrogens is 264 g/mol. The summed E-state index contributed by atoms with van der Waals surface area (Å²) in [5, 5.41) is 3.95. The lowest BCUT2D eigenvalue weighted by atomic mass is 10.1. The van der Waals surface area contributed by atoms with E-state index in [2.05, 4.69) is 27.2 Å². The maximum atomic E-state index is 12.2. The van der Waals surface area contributed by atoms with Gasteiger partial charge in [-0.25, -0.2) is 9.97 Å². The van der Waals surface area contributed by atoms with Gasteiger partial charge in [0.25, 0.3) is 5.91 Å². The van der Waals surface area contributed by atoms with Crippen LogP contribution in [0.1, 0.15) is 27.3 Å². The van der Waals surface area contributed by atoms with E-state index in [1.807, 2.05) is 25.1 Å². The van der Waals surface area contributed by atoms with Crippen LogP contribution in [0.2, 0.25) is 0 Å². The Morgan fingerprint density at radius 1 is 1.29 bits per heavy atom. The fourth-order valence-corrected chi connectivity index (χ4v) is 2.30. The molecule has 0 fully saturated rings. The fraction of sp³-hybridized carbons (Fsp3) is 0.188. The highest BCUT2D eigenvalue weighted by Gasteiger charge is 2.09. The number of nitrogens with zero attached hydrogens (tertiary/aromatic N) is 2. The summed E-state index contributed by atoms with van der Waals surface area (Å²) in [5.74, 6) is -0.103. The summed E-state index contributed by atoms with van der Waals surface area (Å²) in [4.78, 5) is 23.4. The van der Waals surface area contributed by atoms with Gasteiger partial charge in [-0.3, -0.25) is 4.79 Å². The number of aromatic nitrogens is 3. The van der Waals surface area contributed by atoms with Crippen LogP contribution in [0, 0.1) is 13.8 Å². The molecule has 0 radical (unpaired) electrons. The number of fused-ring (bicyclic) bond motifs is 1. The van der Waals surface area contributed by atoms with Gasteiger partial charge in [0, 0.05) is 28.4 Å². The SMILES string of the molecule is Cc1[nH]c2ccc(C(=O)NCc3ccncn3)cc2c1C. The van der Waals surface area contributed by atoms with E-state index in [-0.39, 0.29) is 5.91 Å². The normalized spacial score (nSPS) is 10.8. The maximum absolute atomic E-state index is 12.2. The molecule has 2 aromatic heterocycles. The first-order chi connectivity index (χ1) is 10.1. The molecule has 5 heteroatoms. The van der Waals surface area contributed by atoms with E-state index in [1.165, 1.54) is 11.9 Å². The second-order valence-corrected chi connectivity index (χ2v) is 5.02. The first kappa shape index (κ1) is 13.3. The molecule has 5 nitrogen and oxygen atoms in total. The minimum absolute atomic E-state index is 0.103. The Labute approximate surface area is 122 Å². The molecule has 0 bridgehead atoms. The van der Waals surface area contributed by atoms with Crippen molar-refractivity contribution < 1.29 is 4.79 Å². The summed E-state index contributed by atoms with van der Waals surface area (Å²) in [6, 6.07) is 7.47. The largest absolute Gasteiger partial charge is 0.358 e. The van der Waals surface area contributed by atoms with Crippen molar-refractivity contribution in [2.75, 3.05) is 0 Å². The van der Waals surface area contributed by atoms with Gasteiger partial charge in [0.1, 0.15) is 6.33 Å². The zero-order valence-corrected chi connectivity index (χ0v) is 12.0. The molecule has 0 aliphatic carbocycles. The molecule has 106 valence electrons. The van der Waals surface area contributed by atoms with Gasteiger partial charge in [-0.05, 0) is 43.7 Å². The van der Waals surface area contributed by atoms with Crippen LogP contribution in [-0.4, -0.2) is 20.9 Å². The Bertz CT molecular complexity index is 793. The van der Waals surface area contributed by atoms with E-state index in [9.17, 15) is 4.79 Å². The first-order valence-electron chi connectivity index (χ1n) is 6.77. The predicted octanol–water partition coefficient (Wildman–Crippen LogP) is 2.50. The molecular formula is C16H16N4O. The van der Waals surface area contributed by atoms with Gasteiger partial charge in [0.15, 0.2) is 0 Å². The van der Waals surface area contributed by atoms with Crippen LogP contribution in [0.5, 0.6) is 0 Å². The van der Waals surface area contributed by atoms with Gasteiger partial charge in [0.2, 0.25) is 0 Å². The maximum Gasteiger partial charge on any atom is 0.251 e. The lowest BCUT2D eigenvalue weighted by Crippen LogP contribution is -2.23. The standard InChI is InChI=1S/C16H16N4O/c1-10-11(2)20-15-4-3-12(7-14(10)15)16(21)18-8-13-5-6-17-9-19-13/h3-7,9,20H,8H2,1-2H3,(H,18,21). The fourth-order valence-electron chi connectivity index (χ4n) is 2.30. The van der Waals surface area contributed by atoms with Crippen LogP contribution in [0.4, 0.5) is 0 Å². The Morgan fingerprint density at radius 3 is 2.90 bits per heavy atom. The first-order valence-corrected chi connectivity index (χ1v) is 6.77. The van der Waals surface area contributed by atoms with Crippen molar-refractivity contribution in [3.8, 4) is 0 Å². The van der Waals surface area contributed by atoms with E-state index < -0.39 is 0 Å². The highest BCUT2D eigenvalue weighted by atomic mass is 16.1.